The Morgan fingerprint density at radius 3 is 2.22 bits per heavy atom. The molecule has 5 heteroatoms. The number of carbonyl (C=O) groups excluding carboxylic acids is 1. The van der Waals surface area contributed by atoms with Crippen LogP contribution in [0.4, 0.5) is 13.2 Å². The third kappa shape index (κ3) is 1.79. The first-order valence-electron chi connectivity index (χ1n) is 5.43. The second kappa shape index (κ2) is 3.86. The molecule has 1 heterocycles. The smallest absolute Gasteiger partial charge is 0.350 e. The lowest BCUT2D eigenvalue weighted by Crippen LogP contribution is -2.10. The van der Waals surface area contributed by atoms with E-state index in [0.717, 1.165) is 6.92 Å². The molecule has 1 aromatic carbocycles. The van der Waals surface area contributed by atoms with Crippen molar-refractivity contribution in [3.05, 3.63) is 34.5 Å². The number of Topliss-reactive ketones (excluding diaryl/α,β-unsaturated/α-hetero) is 1. The van der Waals surface area contributed by atoms with Crippen LogP contribution >= 0.6 is 0 Å². The zero-order valence-corrected chi connectivity index (χ0v) is 10.2. The van der Waals surface area contributed by atoms with E-state index >= 15 is 0 Å². The maximum Gasteiger partial charge on any atom is 0.431 e. The molecule has 0 unspecified atom stereocenters. The molecule has 0 amide bonds. The van der Waals surface area contributed by atoms with Crippen molar-refractivity contribution in [3.63, 3.8) is 0 Å². The molecule has 2 aromatic rings. The number of aromatic amines is 1. The first kappa shape index (κ1) is 12.7. The summed E-state index contributed by atoms with van der Waals surface area (Å²) in [6.07, 6.45) is -4.56. The molecule has 0 aliphatic rings. The lowest BCUT2D eigenvalue weighted by molar-refractivity contribution is -0.140. The van der Waals surface area contributed by atoms with Crippen LogP contribution in [0.1, 0.15) is 34.1 Å². The van der Waals surface area contributed by atoms with Crippen molar-refractivity contribution in [2.45, 2.75) is 26.9 Å². The normalized spacial score (nSPS) is 12.1. The van der Waals surface area contributed by atoms with Crippen LogP contribution in [0.3, 0.4) is 0 Å². The number of alkyl halides is 3. The highest BCUT2D eigenvalue weighted by Crippen LogP contribution is 2.37. The van der Waals surface area contributed by atoms with E-state index in [1.165, 1.54) is 0 Å². The summed E-state index contributed by atoms with van der Waals surface area (Å²) in [6, 6.07) is 3.45. The Bertz CT molecular complexity index is 638. The van der Waals surface area contributed by atoms with Crippen LogP contribution in [0.2, 0.25) is 0 Å². The average molecular weight is 255 g/mol. The van der Waals surface area contributed by atoms with Gasteiger partial charge >= 0.3 is 6.18 Å². The molecule has 0 fully saturated rings. The monoisotopic (exact) mass is 255 g/mol. The highest BCUT2D eigenvalue weighted by Gasteiger charge is 2.38. The van der Waals surface area contributed by atoms with Crippen molar-refractivity contribution < 1.29 is 18.0 Å². The van der Waals surface area contributed by atoms with Crippen LogP contribution in [-0.4, -0.2) is 10.8 Å². The van der Waals surface area contributed by atoms with Gasteiger partial charge in [-0.2, -0.15) is 13.2 Å². The van der Waals surface area contributed by atoms with Gasteiger partial charge in [0.25, 0.3) is 0 Å². The van der Waals surface area contributed by atoms with Gasteiger partial charge in [0.2, 0.25) is 0 Å². The topological polar surface area (TPSA) is 32.9 Å². The van der Waals surface area contributed by atoms with Crippen LogP contribution in [0, 0.1) is 13.8 Å². The third-order valence-corrected chi connectivity index (χ3v) is 3.01. The van der Waals surface area contributed by atoms with Crippen molar-refractivity contribution in [3.8, 4) is 0 Å². The van der Waals surface area contributed by atoms with Gasteiger partial charge in [-0.3, -0.25) is 4.79 Å². The van der Waals surface area contributed by atoms with Crippen LogP contribution in [0.25, 0.3) is 10.9 Å². The van der Waals surface area contributed by atoms with E-state index in [1.54, 1.807) is 26.0 Å². The van der Waals surface area contributed by atoms with E-state index in [0.29, 0.717) is 22.0 Å². The van der Waals surface area contributed by atoms with Gasteiger partial charge in [-0.15, -0.1) is 0 Å². The lowest BCUT2D eigenvalue weighted by atomic mass is 10.0. The van der Waals surface area contributed by atoms with Gasteiger partial charge in [-0.05, 0) is 31.9 Å². The minimum atomic E-state index is -4.56. The summed E-state index contributed by atoms with van der Waals surface area (Å²) >= 11 is 0. The molecule has 0 atom stereocenters. The van der Waals surface area contributed by atoms with Crippen molar-refractivity contribution in [2.75, 3.05) is 0 Å². The molecule has 1 N–H and O–H groups in total. The molecular formula is C13H12F3NO. The fraction of sp³-hybridized carbons (Fsp3) is 0.308. The first-order chi connectivity index (χ1) is 8.23. The minimum Gasteiger partial charge on any atom is -0.350 e. The fourth-order valence-electron chi connectivity index (χ4n) is 2.17. The maximum atomic E-state index is 12.9. The molecule has 0 aliphatic heterocycles. The molecule has 0 saturated carbocycles. The van der Waals surface area contributed by atoms with Crippen LogP contribution in [-0.2, 0) is 6.18 Å². The first-order valence-corrected chi connectivity index (χ1v) is 5.43. The molecule has 96 valence electrons. The zero-order valence-electron chi connectivity index (χ0n) is 10.2. The second-order valence-corrected chi connectivity index (χ2v) is 4.38. The van der Waals surface area contributed by atoms with E-state index < -0.39 is 17.7 Å². The molecule has 0 bridgehead atoms. The number of aromatic nitrogens is 1. The quantitative estimate of drug-likeness (QED) is 0.767. The SMILES string of the molecule is CC(=O)c1c(C(F)(F)F)[nH]c2c(C)ccc(C)c12. The van der Waals surface area contributed by atoms with Crippen LogP contribution in [0.5, 0.6) is 0 Å². The summed E-state index contributed by atoms with van der Waals surface area (Å²) in [5.41, 5.74) is 0.509. The van der Waals surface area contributed by atoms with Crippen LogP contribution in [0.15, 0.2) is 12.1 Å². The van der Waals surface area contributed by atoms with Crippen molar-refractivity contribution >= 4 is 16.7 Å². The number of halogens is 3. The van der Waals surface area contributed by atoms with Gasteiger partial charge in [0.15, 0.2) is 5.78 Å². The number of H-pyrrole nitrogens is 1. The number of aryl methyl sites for hydroxylation is 2. The maximum absolute atomic E-state index is 12.9. The van der Waals surface area contributed by atoms with Gasteiger partial charge in [-0.25, -0.2) is 0 Å². The van der Waals surface area contributed by atoms with E-state index in [4.69, 9.17) is 0 Å². The highest BCUT2D eigenvalue weighted by atomic mass is 19.4. The minimum absolute atomic E-state index is 0.265. The molecule has 0 saturated heterocycles. The predicted octanol–water partition coefficient (Wildman–Crippen LogP) is 4.01. The number of hydrogen-bond acceptors (Lipinski definition) is 1. The standard InChI is InChI=1S/C13H12F3NO/c1-6-4-5-7(2)11-9(6)10(8(3)18)12(17-11)13(14,15)16/h4-5,17H,1-3H3. The summed E-state index contributed by atoms with van der Waals surface area (Å²) in [6.45, 7) is 4.56. The molecule has 0 spiro atoms. The lowest BCUT2D eigenvalue weighted by Gasteiger charge is -2.06. The van der Waals surface area contributed by atoms with E-state index in [-0.39, 0.29) is 5.56 Å². The van der Waals surface area contributed by atoms with E-state index in [2.05, 4.69) is 4.98 Å². The van der Waals surface area contributed by atoms with Gasteiger partial charge < -0.3 is 4.98 Å². The number of nitrogens with one attached hydrogen (secondary N) is 1. The second-order valence-electron chi connectivity index (χ2n) is 4.38. The number of rotatable bonds is 1. The highest BCUT2D eigenvalue weighted by molar-refractivity contribution is 6.10. The Morgan fingerprint density at radius 2 is 1.72 bits per heavy atom. The van der Waals surface area contributed by atoms with Crippen molar-refractivity contribution in [1.82, 2.24) is 4.98 Å². The summed E-state index contributed by atoms with van der Waals surface area (Å²) in [7, 11) is 0. The number of ketones is 1. The molecule has 0 radical (unpaired) electrons. The Hall–Kier alpha value is -1.78. The number of carbonyl (C=O) groups is 1. The third-order valence-electron chi connectivity index (χ3n) is 3.01. The summed E-state index contributed by atoms with van der Waals surface area (Å²) in [5, 5.41) is 0.370. The number of fused-ring (bicyclic) bond motifs is 1. The number of hydrogen-bond donors (Lipinski definition) is 1. The summed E-state index contributed by atoms with van der Waals surface area (Å²) in [4.78, 5) is 13.9. The van der Waals surface area contributed by atoms with E-state index in [1.807, 2.05) is 0 Å². The van der Waals surface area contributed by atoms with Crippen LogP contribution < -0.4 is 0 Å². The van der Waals surface area contributed by atoms with Crippen molar-refractivity contribution in [1.29, 1.82) is 0 Å². The predicted molar refractivity (Wildman–Crippen MR) is 62.8 cm³/mol. The Morgan fingerprint density at radius 1 is 1.17 bits per heavy atom. The van der Waals surface area contributed by atoms with Gasteiger partial charge in [0.1, 0.15) is 5.69 Å². The van der Waals surface area contributed by atoms with Crippen molar-refractivity contribution in [2.24, 2.45) is 0 Å². The Labute approximate surface area is 102 Å². The van der Waals surface area contributed by atoms with Gasteiger partial charge in [-0.1, -0.05) is 12.1 Å². The summed E-state index contributed by atoms with van der Waals surface area (Å²) < 4.78 is 38.8. The summed E-state index contributed by atoms with van der Waals surface area (Å²) in [5.74, 6) is -0.581. The molecule has 1 aromatic heterocycles. The molecule has 18 heavy (non-hydrogen) atoms. The average Bonchev–Trinajstić information content (AvgIpc) is 2.64. The molecule has 2 nitrogen and oxygen atoms in total. The molecular weight excluding hydrogens is 243 g/mol. The molecule has 2 rings (SSSR count). The largest absolute Gasteiger partial charge is 0.431 e. The Balaban J connectivity index is 2.98. The van der Waals surface area contributed by atoms with E-state index in [9.17, 15) is 18.0 Å². The van der Waals surface area contributed by atoms with Gasteiger partial charge in [0, 0.05) is 10.9 Å². The Kier molecular flexibility index (Phi) is 2.72. The fourth-order valence-corrected chi connectivity index (χ4v) is 2.17. The zero-order chi connectivity index (χ0) is 13.7. The van der Waals surface area contributed by atoms with Gasteiger partial charge in [0.05, 0.1) is 5.56 Å². The number of benzene rings is 1. The molecule has 0 aliphatic carbocycles.